The SMILES string of the molecule is COc1cccc(OC)c1-n1c(CS(=O)(=O)[C@H](C)[C@@H](O)c2ncc(C)cn2)nnc1-c1nc(C)cs1. The van der Waals surface area contributed by atoms with Crippen LogP contribution in [0.2, 0.25) is 0 Å². The number of nitrogens with zero attached hydrogens (tertiary/aromatic N) is 6. The predicted molar refractivity (Wildman–Crippen MR) is 134 cm³/mol. The monoisotopic (exact) mass is 530 g/mol. The van der Waals surface area contributed by atoms with Crippen molar-refractivity contribution < 1.29 is 23.0 Å². The maximum absolute atomic E-state index is 13.5. The molecule has 0 fully saturated rings. The number of benzene rings is 1. The molecule has 1 N–H and O–H groups in total. The molecule has 0 radical (unpaired) electrons. The number of aryl methyl sites for hydroxylation is 2. The standard InChI is InChI=1S/C23H26N6O5S2/c1-13-9-24-21(25-10-13)20(30)15(3)36(31,32)12-18-27-28-22(23-26-14(2)11-35-23)29(18)19-16(33-4)7-6-8-17(19)34-5/h6-11,15,20,30H,12H2,1-5H3/t15-,20-/m1/s1. The number of aromatic nitrogens is 6. The smallest absolute Gasteiger partial charge is 0.197 e. The number of aliphatic hydroxyl groups is 1. The summed E-state index contributed by atoms with van der Waals surface area (Å²) in [6.45, 7) is 5.07. The third-order valence-electron chi connectivity index (χ3n) is 5.57. The van der Waals surface area contributed by atoms with Crippen molar-refractivity contribution in [1.29, 1.82) is 0 Å². The molecule has 4 rings (SSSR count). The molecule has 0 saturated carbocycles. The summed E-state index contributed by atoms with van der Waals surface area (Å²) in [6, 6.07) is 5.22. The number of sulfone groups is 1. The van der Waals surface area contributed by atoms with Crippen LogP contribution < -0.4 is 9.47 Å². The van der Waals surface area contributed by atoms with E-state index in [4.69, 9.17) is 9.47 Å². The number of rotatable bonds is 9. The van der Waals surface area contributed by atoms with Crippen molar-refractivity contribution in [2.24, 2.45) is 0 Å². The van der Waals surface area contributed by atoms with E-state index < -0.39 is 26.9 Å². The maximum Gasteiger partial charge on any atom is 0.197 e. The number of aliphatic hydroxyl groups excluding tert-OH is 1. The third-order valence-corrected chi connectivity index (χ3v) is 8.58. The summed E-state index contributed by atoms with van der Waals surface area (Å²) in [7, 11) is -0.944. The highest BCUT2D eigenvalue weighted by Gasteiger charge is 2.34. The van der Waals surface area contributed by atoms with Crippen LogP contribution >= 0.6 is 11.3 Å². The van der Waals surface area contributed by atoms with Gasteiger partial charge in [-0.3, -0.25) is 4.57 Å². The lowest BCUT2D eigenvalue weighted by molar-refractivity contribution is 0.166. The van der Waals surface area contributed by atoms with Crippen LogP contribution in [0.1, 0.15) is 35.9 Å². The molecule has 13 heteroatoms. The van der Waals surface area contributed by atoms with Crippen molar-refractivity contribution in [2.45, 2.75) is 37.9 Å². The van der Waals surface area contributed by atoms with Crippen LogP contribution in [0, 0.1) is 13.8 Å². The van der Waals surface area contributed by atoms with E-state index in [1.807, 2.05) is 12.3 Å². The quantitative estimate of drug-likeness (QED) is 0.343. The largest absolute Gasteiger partial charge is 0.494 e. The van der Waals surface area contributed by atoms with E-state index in [-0.39, 0.29) is 11.6 Å². The molecular weight excluding hydrogens is 504 g/mol. The van der Waals surface area contributed by atoms with Gasteiger partial charge in [0.2, 0.25) is 0 Å². The Labute approximate surface area is 212 Å². The van der Waals surface area contributed by atoms with E-state index in [9.17, 15) is 13.5 Å². The summed E-state index contributed by atoms with van der Waals surface area (Å²) in [4.78, 5) is 12.7. The molecule has 0 spiro atoms. The van der Waals surface area contributed by atoms with Crippen LogP contribution in [0.15, 0.2) is 36.0 Å². The van der Waals surface area contributed by atoms with Crippen molar-refractivity contribution >= 4 is 21.2 Å². The summed E-state index contributed by atoms with van der Waals surface area (Å²) in [5, 5.41) is 20.4. The van der Waals surface area contributed by atoms with Gasteiger partial charge in [-0.25, -0.2) is 23.4 Å². The Hall–Kier alpha value is -3.42. The Balaban J connectivity index is 1.81. The molecule has 3 heterocycles. The first kappa shape index (κ1) is 25.7. The zero-order chi connectivity index (χ0) is 26.0. The Kier molecular flexibility index (Phi) is 7.33. The summed E-state index contributed by atoms with van der Waals surface area (Å²) in [5.41, 5.74) is 2.03. The average molecular weight is 531 g/mol. The minimum Gasteiger partial charge on any atom is -0.494 e. The first-order valence-electron chi connectivity index (χ1n) is 10.9. The number of hydrogen-bond acceptors (Lipinski definition) is 11. The average Bonchev–Trinajstić information content (AvgIpc) is 3.48. The highest BCUT2D eigenvalue weighted by atomic mass is 32.2. The molecule has 0 aliphatic heterocycles. The van der Waals surface area contributed by atoms with Gasteiger partial charge in [-0.05, 0) is 38.5 Å². The minimum absolute atomic E-state index is 0.0310. The zero-order valence-electron chi connectivity index (χ0n) is 20.4. The molecule has 0 unspecified atom stereocenters. The Morgan fingerprint density at radius 3 is 2.28 bits per heavy atom. The molecule has 0 bridgehead atoms. The summed E-state index contributed by atoms with van der Waals surface area (Å²) in [6.07, 6.45) is 1.63. The number of methoxy groups -OCH3 is 2. The molecule has 4 aromatic rings. The topological polar surface area (TPSA) is 142 Å². The Bertz CT molecular complexity index is 1440. The van der Waals surface area contributed by atoms with Gasteiger partial charge in [-0.1, -0.05) is 6.07 Å². The highest BCUT2D eigenvalue weighted by molar-refractivity contribution is 7.91. The van der Waals surface area contributed by atoms with Gasteiger partial charge in [0, 0.05) is 23.5 Å². The van der Waals surface area contributed by atoms with E-state index >= 15 is 0 Å². The molecule has 0 aliphatic rings. The number of ether oxygens (including phenoxy) is 2. The van der Waals surface area contributed by atoms with Crippen molar-refractivity contribution in [3.8, 4) is 28.0 Å². The van der Waals surface area contributed by atoms with Crippen LogP contribution in [0.4, 0.5) is 0 Å². The maximum atomic E-state index is 13.5. The van der Waals surface area contributed by atoms with Gasteiger partial charge in [0.05, 0.1) is 19.5 Å². The summed E-state index contributed by atoms with van der Waals surface area (Å²) >= 11 is 1.36. The lowest BCUT2D eigenvalue weighted by atomic mass is 10.2. The summed E-state index contributed by atoms with van der Waals surface area (Å²) in [5.74, 6) is 0.839. The zero-order valence-corrected chi connectivity index (χ0v) is 22.0. The Morgan fingerprint density at radius 1 is 1.08 bits per heavy atom. The van der Waals surface area contributed by atoms with E-state index in [2.05, 4.69) is 25.1 Å². The van der Waals surface area contributed by atoms with Gasteiger partial charge >= 0.3 is 0 Å². The van der Waals surface area contributed by atoms with Crippen LogP contribution in [-0.4, -0.2) is 62.7 Å². The fraction of sp³-hybridized carbons (Fsp3) is 0.348. The second kappa shape index (κ2) is 10.3. The molecule has 0 aliphatic carbocycles. The van der Waals surface area contributed by atoms with Gasteiger partial charge in [0.25, 0.3) is 0 Å². The molecular formula is C23H26N6O5S2. The lowest BCUT2D eigenvalue weighted by Crippen LogP contribution is -2.29. The molecule has 3 aromatic heterocycles. The van der Waals surface area contributed by atoms with E-state index in [0.717, 1.165) is 11.3 Å². The van der Waals surface area contributed by atoms with E-state index in [1.165, 1.54) is 44.9 Å². The van der Waals surface area contributed by atoms with E-state index in [0.29, 0.717) is 28.0 Å². The molecule has 11 nitrogen and oxygen atoms in total. The normalized spacial score (nSPS) is 13.4. The molecule has 1 aromatic carbocycles. The Morgan fingerprint density at radius 2 is 1.72 bits per heavy atom. The fourth-order valence-electron chi connectivity index (χ4n) is 3.57. The van der Waals surface area contributed by atoms with Gasteiger partial charge < -0.3 is 14.6 Å². The van der Waals surface area contributed by atoms with Gasteiger partial charge in [0.1, 0.15) is 29.0 Å². The first-order valence-corrected chi connectivity index (χ1v) is 13.5. The number of thiazole rings is 1. The predicted octanol–water partition coefficient (Wildman–Crippen LogP) is 2.85. The van der Waals surface area contributed by atoms with Crippen LogP contribution in [-0.2, 0) is 15.6 Å². The van der Waals surface area contributed by atoms with Crippen molar-refractivity contribution in [1.82, 2.24) is 29.7 Å². The highest BCUT2D eigenvalue weighted by Crippen LogP contribution is 2.37. The number of hydrogen-bond donors (Lipinski definition) is 1. The molecule has 0 saturated heterocycles. The van der Waals surface area contributed by atoms with Crippen molar-refractivity contribution in [3.63, 3.8) is 0 Å². The molecule has 36 heavy (non-hydrogen) atoms. The third kappa shape index (κ3) is 4.94. The lowest BCUT2D eigenvalue weighted by Gasteiger charge is -2.20. The van der Waals surface area contributed by atoms with Gasteiger partial charge in [-0.15, -0.1) is 21.5 Å². The molecule has 0 amide bonds. The second-order valence-electron chi connectivity index (χ2n) is 8.16. The molecule has 2 atom stereocenters. The van der Waals surface area contributed by atoms with Gasteiger partial charge in [-0.2, -0.15) is 0 Å². The fourth-order valence-corrected chi connectivity index (χ4v) is 5.66. The van der Waals surface area contributed by atoms with Crippen LogP contribution in [0.25, 0.3) is 16.5 Å². The minimum atomic E-state index is -3.96. The van der Waals surface area contributed by atoms with Crippen molar-refractivity contribution in [3.05, 3.63) is 58.9 Å². The molecule has 190 valence electrons. The summed E-state index contributed by atoms with van der Waals surface area (Å²) < 4.78 is 39.6. The van der Waals surface area contributed by atoms with E-state index in [1.54, 1.807) is 29.7 Å². The van der Waals surface area contributed by atoms with Crippen molar-refractivity contribution in [2.75, 3.05) is 14.2 Å². The van der Waals surface area contributed by atoms with Crippen LogP contribution in [0.5, 0.6) is 11.5 Å². The number of para-hydroxylation sites is 1. The first-order chi connectivity index (χ1) is 17.2. The second-order valence-corrected chi connectivity index (χ2v) is 11.4. The van der Waals surface area contributed by atoms with Crippen LogP contribution in [0.3, 0.4) is 0 Å². The van der Waals surface area contributed by atoms with Gasteiger partial charge in [0.15, 0.2) is 32.3 Å².